The third-order valence-corrected chi connectivity index (χ3v) is 2.57. The molecule has 0 fully saturated rings. The van der Waals surface area contributed by atoms with Gasteiger partial charge in [0.2, 0.25) is 0 Å². The number of fused-ring (bicyclic) bond motifs is 1. The summed E-state index contributed by atoms with van der Waals surface area (Å²) in [5, 5.41) is 11.1. The van der Waals surface area contributed by atoms with Gasteiger partial charge in [0.1, 0.15) is 11.5 Å². The van der Waals surface area contributed by atoms with Gasteiger partial charge in [-0.25, -0.2) is 9.59 Å². The zero-order chi connectivity index (χ0) is 14.5. The number of methoxy groups -OCH3 is 1. The Kier molecular flexibility index (Phi) is 4.00. The molecule has 0 heterocycles. The molecule has 0 aliphatic heterocycles. The molecular weight excluding hydrogens is 260 g/mol. The van der Waals surface area contributed by atoms with E-state index in [4.69, 9.17) is 4.74 Å². The molecule has 0 aromatic heterocycles. The van der Waals surface area contributed by atoms with E-state index in [1.54, 1.807) is 36.4 Å². The second kappa shape index (κ2) is 5.88. The van der Waals surface area contributed by atoms with Gasteiger partial charge in [0.05, 0.1) is 7.11 Å². The van der Waals surface area contributed by atoms with Crippen molar-refractivity contribution in [2.75, 3.05) is 7.11 Å². The number of aromatic hydroxyl groups is 1. The van der Waals surface area contributed by atoms with Crippen LogP contribution in [0.1, 0.15) is 0 Å². The molecule has 2 aromatic carbocycles. The van der Waals surface area contributed by atoms with E-state index in [0.29, 0.717) is 5.75 Å². The lowest BCUT2D eigenvalue weighted by atomic mass is 10.1. The number of esters is 2. The average molecular weight is 272 g/mol. The zero-order valence-electron chi connectivity index (χ0n) is 10.7. The van der Waals surface area contributed by atoms with Crippen LogP contribution in [0.15, 0.2) is 48.6 Å². The minimum atomic E-state index is -0.685. The van der Waals surface area contributed by atoms with Crippen LogP contribution in [0.2, 0.25) is 0 Å². The topological polar surface area (TPSA) is 72.8 Å². The lowest BCUT2D eigenvalue weighted by Crippen LogP contribution is -2.05. The summed E-state index contributed by atoms with van der Waals surface area (Å²) in [5.74, 6) is -0.866. The number of phenols is 1. The van der Waals surface area contributed by atoms with Crippen LogP contribution in [0.25, 0.3) is 10.8 Å². The van der Waals surface area contributed by atoms with Crippen LogP contribution in [0, 0.1) is 0 Å². The van der Waals surface area contributed by atoms with Crippen molar-refractivity contribution in [3.63, 3.8) is 0 Å². The first-order valence-corrected chi connectivity index (χ1v) is 5.79. The monoisotopic (exact) mass is 272 g/mol. The third kappa shape index (κ3) is 3.35. The van der Waals surface area contributed by atoms with Gasteiger partial charge in [0.25, 0.3) is 0 Å². The molecule has 0 aliphatic rings. The van der Waals surface area contributed by atoms with E-state index in [1.165, 1.54) is 7.11 Å². The molecule has 5 heteroatoms. The van der Waals surface area contributed by atoms with Crippen LogP contribution in [0.3, 0.4) is 0 Å². The number of carbonyl (C=O) groups excluding carboxylic acids is 2. The number of benzene rings is 2. The predicted octanol–water partition coefficient (Wildman–Crippen LogP) is 2.18. The molecule has 0 bridgehead atoms. The van der Waals surface area contributed by atoms with Crippen LogP contribution in [0.5, 0.6) is 11.5 Å². The molecule has 2 aromatic rings. The Morgan fingerprint density at radius 2 is 1.70 bits per heavy atom. The lowest BCUT2D eigenvalue weighted by Gasteiger charge is -2.04. The standard InChI is InChI=1S/C15H12O5/c1-19-14(17)6-7-15(18)20-13-5-3-10-2-4-12(16)8-11(10)9-13/h2-9,16H,1H3/b7-6-. The van der Waals surface area contributed by atoms with Crippen LogP contribution in [-0.4, -0.2) is 24.2 Å². The Morgan fingerprint density at radius 1 is 1.00 bits per heavy atom. The molecule has 0 saturated heterocycles. The lowest BCUT2D eigenvalue weighted by molar-refractivity contribution is -0.135. The molecule has 5 nitrogen and oxygen atoms in total. The molecule has 0 atom stereocenters. The van der Waals surface area contributed by atoms with E-state index < -0.39 is 11.9 Å². The normalized spacial score (nSPS) is 10.7. The number of ether oxygens (including phenoxy) is 2. The fourth-order valence-electron chi connectivity index (χ4n) is 1.63. The number of phenolic OH excluding ortho intramolecular Hbond substituents is 1. The fourth-order valence-corrected chi connectivity index (χ4v) is 1.63. The molecule has 0 unspecified atom stereocenters. The number of rotatable bonds is 3. The largest absolute Gasteiger partial charge is 0.508 e. The number of hydrogen-bond acceptors (Lipinski definition) is 5. The van der Waals surface area contributed by atoms with Gasteiger partial charge in [-0.2, -0.15) is 0 Å². The second-order valence-electron chi connectivity index (χ2n) is 3.97. The van der Waals surface area contributed by atoms with Gasteiger partial charge >= 0.3 is 11.9 Å². The smallest absolute Gasteiger partial charge is 0.336 e. The highest BCUT2D eigenvalue weighted by Crippen LogP contribution is 2.24. The average Bonchev–Trinajstić information content (AvgIpc) is 2.44. The molecule has 1 N–H and O–H groups in total. The number of hydrogen-bond donors (Lipinski definition) is 1. The van der Waals surface area contributed by atoms with Crippen molar-refractivity contribution < 1.29 is 24.2 Å². The van der Waals surface area contributed by atoms with Crippen molar-refractivity contribution in [3.8, 4) is 11.5 Å². The van der Waals surface area contributed by atoms with Crippen molar-refractivity contribution in [1.29, 1.82) is 0 Å². The highest BCUT2D eigenvalue weighted by molar-refractivity contribution is 5.93. The van der Waals surface area contributed by atoms with E-state index in [-0.39, 0.29) is 5.75 Å². The molecule has 0 saturated carbocycles. The summed E-state index contributed by atoms with van der Waals surface area (Å²) in [7, 11) is 1.22. The van der Waals surface area contributed by atoms with Gasteiger partial charge in [-0.15, -0.1) is 0 Å². The Morgan fingerprint density at radius 3 is 2.45 bits per heavy atom. The molecule has 20 heavy (non-hydrogen) atoms. The van der Waals surface area contributed by atoms with E-state index in [2.05, 4.69) is 4.74 Å². The summed E-state index contributed by atoms with van der Waals surface area (Å²) in [6.07, 6.45) is 1.97. The third-order valence-electron chi connectivity index (χ3n) is 2.57. The number of carbonyl (C=O) groups is 2. The second-order valence-corrected chi connectivity index (χ2v) is 3.97. The molecule has 0 radical (unpaired) electrons. The summed E-state index contributed by atoms with van der Waals surface area (Å²) < 4.78 is 9.40. The summed E-state index contributed by atoms with van der Waals surface area (Å²) in [5.41, 5.74) is 0. The SMILES string of the molecule is COC(=O)/C=C\C(=O)Oc1ccc2ccc(O)cc2c1. The maximum atomic E-state index is 11.5. The Bertz CT molecular complexity index is 688. The van der Waals surface area contributed by atoms with Crippen molar-refractivity contribution in [1.82, 2.24) is 0 Å². The summed E-state index contributed by atoms with van der Waals surface area (Å²) >= 11 is 0. The van der Waals surface area contributed by atoms with Gasteiger partial charge in [0.15, 0.2) is 0 Å². The first kappa shape index (κ1) is 13.6. The van der Waals surface area contributed by atoms with Gasteiger partial charge in [-0.05, 0) is 35.0 Å². The van der Waals surface area contributed by atoms with Crippen molar-refractivity contribution >= 4 is 22.7 Å². The highest BCUT2D eigenvalue weighted by atomic mass is 16.5. The molecule has 0 amide bonds. The Balaban J connectivity index is 2.15. The Labute approximate surface area is 115 Å². The van der Waals surface area contributed by atoms with Crippen molar-refractivity contribution in [2.45, 2.75) is 0 Å². The first-order chi connectivity index (χ1) is 9.58. The van der Waals surface area contributed by atoms with Crippen LogP contribution in [-0.2, 0) is 14.3 Å². The minimum absolute atomic E-state index is 0.131. The summed E-state index contributed by atoms with van der Waals surface area (Å²) in [6, 6.07) is 9.92. The van der Waals surface area contributed by atoms with E-state index >= 15 is 0 Å². The van der Waals surface area contributed by atoms with E-state index in [1.807, 2.05) is 0 Å². The molecule has 102 valence electrons. The van der Waals surface area contributed by atoms with Gasteiger partial charge < -0.3 is 14.6 Å². The fraction of sp³-hybridized carbons (Fsp3) is 0.0667. The molecule has 2 rings (SSSR count). The summed E-state index contributed by atoms with van der Waals surface area (Å²) in [4.78, 5) is 22.3. The maximum Gasteiger partial charge on any atom is 0.336 e. The van der Waals surface area contributed by atoms with E-state index in [9.17, 15) is 14.7 Å². The predicted molar refractivity (Wildman–Crippen MR) is 72.4 cm³/mol. The van der Waals surface area contributed by atoms with E-state index in [0.717, 1.165) is 22.9 Å². The first-order valence-electron chi connectivity index (χ1n) is 5.79. The minimum Gasteiger partial charge on any atom is -0.508 e. The van der Waals surface area contributed by atoms with Crippen LogP contribution >= 0.6 is 0 Å². The zero-order valence-corrected chi connectivity index (χ0v) is 10.7. The molecular formula is C15H12O5. The summed E-state index contributed by atoms with van der Waals surface area (Å²) in [6.45, 7) is 0. The highest BCUT2D eigenvalue weighted by Gasteiger charge is 2.04. The van der Waals surface area contributed by atoms with Gasteiger partial charge in [0, 0.05) is 12.2 Å². The van der Waals surface area contributed by atoms with Gasteiger partial charge in [-0.3, -0.25) is 0 Å². The van der Waals surface area contributed by atoms with Crippen molar-refractivity contribution in [3.05, 3.63) is 48.6 Å². The molecule has 0 aliphatic carbocycles. The Hall–Kier alpha value is -2.82. The van der Waals surface area contributed by atoms with Crippen LogP contribution in [0.4, 0.5) is 0 Å². The van der Waals surface area contributed by atoms with Crippen molar-refractivity contribution in [2.24, 2.45) is 0 Å². The maximum absolute atomic E-state index is 11.5. The van der Waals surface area contributed by atoms with Crippen LogP contribution < -0.4 is 4.74 Å². The quantitative estimate of drug-likeness (QED) is 0.526. The van der Waals surface area contributed by atoms with Gasteiger partial charge in [-0.1, -0.05) is 12.1 Å². The molecule has 0 spiro atoms.